The standard InChI is InChI=1S/C13H24O/c1-3-5-6-7-9-13-12(8-4-2)10-11-14-13/h4,8,12-13H,3,5-7,9-11H2,1-2H3/b8-4+/t12-,13+/m1/s1. The van der Waals surface area contributed by atoms with E-state index in [2.05, 4.69) is 26.0 Å². The van der Waals surface area contributed by atoms with Crippen LogP contribution in [-0.2, 0) is 4.74 Å². The van der Waals surface area contributed by atoms with Gasteiger partial charge in [-0.15, -0.1) is 0 Å². The first-order chi connectivity index (χ1) is 6.88. The fourth-order valence-corrected chi connectivity index (χ4v) is 2.20. The molecule has 0 radical (unpaired) electrons. The van der Waals surface area contributed by atoms with Gasteiger partial charge in [-0.3, -0.25) is 0 Å². The quantitative estimate of drug-likeness (QED) is 0.462. The summed E-state index contributed by atoms with van der Waals surface area (Å²) < 4.78 is 5.75. The van der Waals surface area contributed by atoms with Crippen molar-refractivity contribution in [3.63, 3.8) is 0 Å². The maximum Gasteiger partial charge on any atom is 0.0638 e. The second kappa shape index (κ2) is 7.05. The Morgan fingerprint density at radius 1 is 1.29 bits per heavy atom. The van der Waals surface area contributed by atoms with E-state index in [1.807, 2.05) is 0 Å². The lowest BCUT2D eigenvalue weighted by Crippen LogP contribution is -2.13. The van der Waals surface area contributed by atoms with Crippen molar-refractivity contribution >= 4 is 0 Å². The van der Waals surface area contributed by atoms with Crippen LogP contribution in [0.5, 0.6) is 0 Å². The Bertz CT molecular complexity index is 163. The molecule has 0 saturated carbocycles. The molecule has 1 aliphatic heterocycles. The van der Waals surface area contributed by atoms with Gasteiger partial charge in [-0.2, -0.15) is 0 Å². The number of ether oxygens (including phenoxy) is 1. The second-order valence-corrected chi connectivity index (χ2v) is 4.24. The highest BCUT2D eigenvalue weighted by Gasteiger charge is 2.24. The van der Waals surface area contributed by atoms with E-state index in [-0.39, 0.29) is 0 Å². The lowest BCUT2D eigenvalue weighted by molar-refractivity contribution is 0.0896. The first-order valence-corrected chi connectivity index (χ1v) is 6.13. The zero-order chi connectivity index (χ0) is 10.2. The molecule has 1 nitrogen and oxygen atoms in total. The molecule has 14 heavy (non-hydrogen) atoms. The van der Waals surface area contributed by atoms with Crippen LogP contribution in [0.3, 0.4) is 0 Å². The molecule has 1 aliphatic rings. The minimum atomic E-state index is 0.517. The van der Waals surface area contributed by atoms with Crippen molar-refractivity contribution in [2.75, 3.05) is 6.61 Å². The van der Waals surface area contributed by atoms with Gasteiger partial charge in [0.05, 0.1) is 6.10 Å². The van der Waals surface area contributed by atoms with Crippen LogP contribution in [0.4, 0.5) is 0 Å². The molecule has 2 atom stereocenters. The second-order valence-electron chi connectivity index (χ2n) is 4.24. The van der Waals surface area contributed by atoms with Crippen molar-refractivity contribution < 1.29 is 4.74 Å². The van der Waals surface area contributed by atoms with Crippen LogP contribution < -0.4 is 0 Å². The van der Waals surface area contributed by atoms with E-state index in [0.717, 1.165) is 6.61 Å². The highest BCUT2D eigenvalue weighted by Crippen LogP contribution is 2.26. The molecule has 0 aromatic heterocycles. The minimum Gasteiger partial charge on any atom is -0.378 e. The molecule has 0 bridgehead atoms. The van der Waals surface area contributed by atoms with Crippen LogP contribution in [0.25, 0.3) is 0 Å². The highest BCUT2D eigenvalue weighted by molar-refractivity contribution is 4.93. The van der Waals surface area contributed by atoms with Gasteiger partial charge in [0.15, 0.2) is 0 Å². The third kappa shape index (κ3) is 3.83. The van der Waals surface area contributed by atoms with Gasteiger partial charge in [-0.25, -0.2) is 0 Å². The predicted molar refractivity (Wildman–Crippen MR) is 61.4 cm³/mol. The van der Waals surface area contributed by atoms with Gasteiger partial charge in [-0.1, -0.05) is 44.8 Å². The van der Waals surface area contributed by atoms with Crippen LogP contribution in [0.15, 0.2) is 12.2 Å². The molecule has 0 aromatic rings. The van der Waals surface area contributed by atoms with Gasteiger partial charge in [0.2, 0.25) is 0 Å². The molecular weight excluding hydrogens is 172 g/mol. The molecule has 82 valence electrons. The number of rotatable bonds is 6. The number of unbranched alkanes of at least 4 members (excludes halogenated alkanes) is 3. The first-order valence-electron chi connectivity index (χ1n) is 6.13. The Morgan fingerprint density at radius 3 is 2.86 bits per heavy atom. The van der Waals surface area contributed by atoms with Gasteiger partial charge in [0.1, 0.15) is 0 Å². The summed E-state index contributed by atoms with van der Waals surface area (Å²) in [6.45, 7) is 5.33. The van der Waals surface area contributed by atoms with E-state index in [1.165, 1.54) is 38.5 Å². The number of allylic oxidation sites excluding steroid dienone is 1. The molecule has 1 heterocycles. The molecule has 1 saturated heterocycles. The molecule has 1 heteroatoms. The highest BCUT2D eigenvalue weighted by atomic mass is 16.5. The van der Waals surface area contributed by atoms with E-state index in [0.29, 0.717) is 12.0 Å². The molecule has 1 rings (SSSR count). The van der Waals surface area contributed by atoms with E-state index >= 15 is 0 Å². The lowest BCUT2D eigenvalue weighted by Gasteiger charge is -2.14. The summed E-state index contributed by atoms with van der Waals surface area (Å²) in [5.41, 5.74) is 0. The van der Waals surface area contributed by atoms with Gasteiger partial charge in [-0.05, 0) is 19.8 Å². The van der Waals surface area contributed by atoms with Crippen LogP contribution in [-0.4, -0.2) is 12.7 Å². The predicted octanol–water partition coefficient (Wildman–Crippen LogP) is 3.94. The zero-order valence-electron chi connectivity index (χ0n) is 9.67. The van der Waals surface area contributed by atoms with E-state index in [1.54, 1.807) is 0 Å². The van der Waals surface area contributed by atoms with E-state index in [9.17, 15) is 0 Å². The Morgan fingerprint density at radius 2 is 2.14 bits per heavy atom. The molecule has 0 spiro atoms. The van der Waals surface area contributed by atoms with Crippen LogP contribution in [0.1, 0.15) is 52.4 Å². The summed E-state index contributed by atoms with van der Waals surface area (Å²) in [4.78, 5) is 0. The molecule has 0 amide bonds. The topological polar surface area (TPSA) is 9.23 Å². The Balaban J connectivity index is 2.15. The number of hydrogen-bond acceptors (Lipinski definition) is 1. The third-order valence-electron chi connectivity index (χ3n) is 3.04. The SMILES string of the molecule is C/C=C/[C@@H]1CCO[C@H]1CCCCCC. The normalized spacial score (nSPS) is 27.6. The van der Waals surface area contributed by atoms with Crippen molar-refractivity contribution in [1.29, 1.82) is 0 Å². The van der Waals surface area contributed by atoms with Gasteiger partial charge in [0, 0.05) is 12.5 Å². The molecule has 1 fully saturated rings. The van der Waals surface area contributed by atoms with E-state index in [4.69, 9.17) is 4.74 Å². The Hall–Kier alpha value is -0.300. The van der Waals surface area contributed by atoms with Gasteiger partial charge in [0.25, 0.3) is 0 Å². The van der Waals surface area contributed by atoms with Crippen LogP contribution in [0, 0.1) is 5.92 Å². The maximum atomic E-state index is 5.75. The number of hydrogen-bond donors (Lipinski definition) is 0. The zero-order valence-corrected chi connectivity index (χ0v) is 9.67. The molecule has 0 aromatic carbocycles. The largest absolute Gasteiger partial charge is 0.378 e. The van der Waals surface area contributed by atoms with Crippen molar-refractivity contribution in [3.8, 4) is 0 Å². The van der Waals surface area contributed by atoms with E-state index < -0.39 is 0 Å². The molecule has 0 unspecified atom stereocenters. The van der Waals surface area contributed by atoms with Gasteiger partial charge >= 0.3 is 0 Å². The molecule has 0 aliphatic carbocycles. The summed E-state index contributed by atoms with van der Waals surface area (Å²) in [6, 6.07) is 0. The van der Waals surface area contributed by atoms with Crippen molar-refractivity contribution in [2.45, 2.75) is 58.5 Å². The molecular formula is C13H24O. The summed E-state index contributed by atoms with van der Waals surface area (Å²) in [5.74, 6) is 0.696. The summed E-state index contributed by atoms with van der Waals surface area (Å²) in [7, 11) is 0. The molecule has 0 N–H and O–H groups in total. The average molecular weight is 196 g/mol. The monoisotopic (exact) mass is 196 g/mol. The van der Waals surface area contributed by atoms with Crippen LogP contribution in [0.2, 0.25) is 0 Å². The fourth-order valence-electron chi connectivity index (χ4n) is 2.20. The van der Waals surface area contributed by atoms with Gasteiger partial charge < -0.3 is 4.74 Å². The first kappa shape index (κ1) is 11.8. The smallest absolute Gasteiger partial charge is 0.0638 e. The van der Waals surface area contributed by atoms with Crippen molar-refractivity contribution in [2.24, 2.45) is 5.92 Å². The van der Waals surface area contributed by atoms with Crippen molar-refractivity contribution in [1.82, 2.24) is 0 Å². The summed E-state index contributed by atoms with van der Waals surface area (Å²) in [5, 5.41) is 0. The maximum absolute atomic E-state index is 5.75. The Kier molecular flexibility index (Phi) is 5.93. The van der Waals surface area contributed by atoms with Crippen molar-refractivity contribution in [3.05, 3.63) is 12.2 Å². The Labute approximate surface area is 88.5 Å². The minimum absolute atomic E-state index is 0.517. The lowest BCUT2D eigenvalue weighted by atomic mass is 9.96. The summed E-state index contributed by atoms with van der Waals surface area (Å²) in [6.07, 6.45) is 12.9. The summed E-state index contributed by atoms with van der Waals surface area (Å²) >= 11 is 0. The average Bonchev–Trinajstić information content (AvgIpc) is 2.61. The van der Waals surface area contributed by atoms with Crippen LogP contribution >= 0.6 is 0 Å². The third-order valence-corrected chi connectivity index (χ3v) is 3.04. The fraction of sp³-hybridized carbons (Fsp3) is 0.846.